The molecule has 24 heavy (non-hydrogen) atoms. The molecule has 1 aromatic rings. The highest BCUT2D eigenvalue weighted by atomic mass is 32.2. The summed E-state index contributed by atoms with van der Waals surface area (Å²) < 4.78 is 27.1. The van der Waals surface area contributed by atoms with Gasteiger partial charge in [-0.25, -0.2) is 13.4 Å². The van der Waals surface area contributed by atoms with E-state index in [9.17, 15) is 8.42 Å². The molecule has 0 radical (unpaired) electrons. The summed E-state index contributed by atoms with van der Waals surface area (Å²) in [5, 5.41) is 6.33. The fraction of sp³-hybridized carbons (Fsp3) is 0.588. The minimum Gasteiger partial charge on any atom is -0.357 e. The van der Waals surface area contributed by atoms with Gasteiger partial charge >= 0.3 is 0 Å². The van der Waals surface area contributed by atoms with E-state index in [1.54, 1.807) is 22.5 Å². The fourth-order valence-corrected chi connectivity index (χ4v) is 4.33. The molecule has 1 heterocycles. The van der Waals surface area contributed by atoms with E-state index in [0.717, 1.165) is 43.9 Å². The number of benzene rings is 1. The van der Waals surface area contributed by atoms with E-state index in [4.69, 9.17) is 0 Å². The lowest BCUT2D eigenvalue weighted by atomic mass is 10.2. The Morgan fingerprint density at radius 1 is 1.12 bits per heavy atom. The molecule has 134 valence electrons. The number of nitrogens with zero attached hydrogens (tertiary/aromatic N) is 2. The van der Waals surface area contributed by atoms with E-state index >= 15 is 0 Å². The molecule has 0 atom stereocenters. The first-order chi connectivity index (χ1) is 11.6. The second-order valence-corrected chi connectivity index (χ2v) is 7.78. The van der Waals surface area contributed by atoms with Gasteiger partial charge in [0, 0.05) is 26.2 Å². The van der Waals surface area contributed by atoms with E-state index in [1.165, 1.54) is 0 Å². The van der Waals surface area contributed by atoms with Crippen molar-refractivity contribution in [3.63, 3.8) is 0 Å². The van der Waals surface area contributed by atoms with Gasteiger partial charge < -0.3 is 10.6 Å². The molecule has 1 fully saturated rings. The molecule has 2 rings (SSSR count). The lowest BCUT2D eigenvalue weighted by Crippen LogP contribution is -2.37. The Hall–Kier alpha value is -1.60. The van der Waals surface area contributed by atoms with E-state index in [1.807, 2.05) is 19.9 Å². The number of hydrogen-bond donors (Lipinski definition) is 2. The molecule has 0 amide bonds. The van der Waals surface area contributed by atoms with Crippen molar-refractivity contribution in [3.05, 3.63) is 29.8 Å². The van der Waals surface area contributed by atoms with E-state index in [2.05, 4.69) is 15.6 Å². The smallest absolute Gasteiger partial charge is 0.243 e. The Morgan fingerprint density at radius 3 is 2.42 bits per heavy atom. The Bertz CT molecular complexity index is 644. The first-order valence-corrected chi connectivity index (χ1v) is 10.1. The van der Waals surface area contributed by atoms with Gasteiger partial charge in [0.25, 0.3) is 0 Å². The molecular formula is C17H28N4O2S. The van der Waals surface area contributed by atoms with Crippen molar-refractivity contribution in [1.29, 1.82) is 0 Å². The molecule has 0 bridgehead atoms. The molecule has 1 aromatic carbocycles. The van der Waals surface area contributed by atoms with E-state index in [0.29, 0.717) is 24.5 Å². The molecule has 1 aliphatic heterocycles. The van der Waals surface area contributed by atoms with Crippen LogP contribution in [0.3, 0.4) is 0 Å². The van der Waals surface area contributed by atoms with Gasteiger partial charge in [0.05, 0.1) is 11.4 Å². The summed E-state index contributed by atoms with van der Waals surface area (Å²) in [6.07, 6.45) is 2.99. The normalized spacial score (nSPS) is 15.8. The summed E-state index contributed by atoms with van der Waals surface area (Å²) in [6.45, 7) is 7.28. The number of sulfonamides is 1. The molecule has 0 spiro atoms. The summed E-state index contributed by atoms with van der Waals surface area (Å²) in [6, 6.07) is 7.12. The van der Waals surface area contributed by atoms with Gasteiger partial charge in [-0.2, -0.15) is 4.31 Å². The first kappa shape index (κ1) is 18.7. The molecule has 1 saturated heterocycles. The van der Waals surface area contributed by atoms with Gasteiger partial charge in [-0.05, 0) is 44.4 Å². The van der Waals surface area contributed by atoms with Crippen molar-refractivity contribution >= 4 is 16.0 Å². The maximum absolute atomic E-state index is 12.7. The van der Waals surface area contributed by atoms with Crippen LogP contribution in [0.25, 0.3) is 0 Å². The topological polar surface area (TPSA) is 73.8 Å². The van der Waals surface area contributed by atoms with Crippen LogP contribution in [-0.2, 0) is 16.6 Å². The largest absolute Gasteiger partial charge is 0.357 e. The van der Waals surface area contributed by atoms with Gasteiger partial charge in [0.15, 0.2) is 5.96 Å². The van der Waals surface area contributed by atoms with Gasteiger partial charge in [0.2, 0.25) is 10.0 Å². The number of nitrogens with one attached hydrogen (secondary N) is 2. The average Bonchev–Trinajstić information content (AvgIpc) is 2.61. The second-order valence-electron chi connectivity index (χ2n) is 5.84. The molecular weight excluding hydrogens is 324 g/mol. The van der Waals surface area contributed by atoms with Crippen LogP contribution in [0, 0.1) is 0 Å². The van der Waals surface area contributed by atoms with Crippen molar-refractivity contribution < 1.29 is 8.42 Å². The Balaban J connectivity index is 2.14. The summed E-state index contributed by atoms with van der Waals surface area (Å²) in [5.41, 5.74) is 0.890. The average molecular weight is 353 g/mol. The third-order valence-electron chi connectivity index (χ3n) is 3.96. The van der Waals surface area contributed by atoms with Gasteiger partial charge in [-0.1, -0.05) is 18.6 Å². The molecule has 1 aliphatic rings. The maximum Gasteiger partial charge on any atom is 0.243 e. The Labute approximate surface area is 145 Å². The lowest BCUT2D eigenvalue weighted by Gasteiger charge is -2.26. The van der Waals surface area contributed by atoms with Crippen molar-refractivity contribution in [1.82, 2.24) is 14.9 Å². The SMILES string of the molecule is CCNC(=NCc1cccc(S(=O)(=O)N2CCCCC2)c1)NCC. The van der Waals surface area contributed by atoms with Crippen LogP contribution in [0.15, 0.2) is 34.2 Å². The first-order valence-electron chi connectivity index (χ1n) is 8.69. The number of piperidine rings is 1. The molecule has 0 unspecified atom stereocenters. The summed E-state index contributed by atoms with van der Waals surface area (Å²) in [7, 11) is -3.39. The molecule has 0 saturated carbocycles. The highest BCUT2D eigenvalue weighted by molar-refractivity contribution is 7.89. The maximum atomic E-state index is 12.7. The third kappa shape index (κ3) is 4.95. The molecule has 6 nitrogen and oxygen atoms in total. The number of guanidine groups is 1. The number of rotatable bonds is 6. The number of aliphatic imine (C=N–C) groups is 1. The zero-order chi connectivity index (χ0) is 17.4. The molecule has 7 heteroatoms. The van der Waals surface area contributed by atoms with Gasteiger partial charge in [0.1, 0.15) is 0 Å². The molecule has 0 aromatic heterocycles. The molecule has 2 N–H and O–H groups in total. The minimum absolute atomic E-state index is 0.366. The highest BCUT2D eigenvalue weighted by Crippen LogP contribution is 2.21. The van der Waals surface area contributed by atoms with Crippen LogP contribution in [0.2, 0.25) is 0 Å². The van der Waals surface area contributed by atoms with Crippen LogP contribution in [0.5, 0.6) is 0 Å². The Morgan fingerprint density at radius 2 is 1.79 bits per heavy atom. The summed E-state index contributed by atoms with van der Waals surface area (Å²) in [4.78, 5) is 4.86. The minimum atomic E-state index is -3.39. The predicted octanol–water partition coefficient (Wildman–Crippen LogP) is 1.94. The molecule has 0 aliphatic carbocycles. The Kier molecular flexibility index (Phi) is 7.05. The highest BCUT2D eigenvalue weighted by Gasteiger charge is 2.25. The third-order valence-corrected chi connectivity index (χ3v) is 5.85. The fourth-order valence-electron chi connectivity index (χ4n) is 2.74. The summed E-state index contributed by atoms with van der Waals surface area (Å²) in [5.74, 6) is 0.740. The van der Waals surface area contributed by atoms with Crippen molar-refractivity contribution in [3.8, 4) is 0 Å². The van der Waals surface area contributed by atoms with Crippen molar-refractivity contribution in [2.24, 2.45) is 4.99 Å². The quantitative estimate of drug-likeness (QED) is 0.606. The van der Waals surface area contributed by atoms with Gasteiger partial charge in [-0.3, -0.25) is 0 Å². The van der Waals surface area contributed by atoms with Crippen molar-refractivity contribution in [2.45, 2.75) is 44.6 Å². The van der Waals surface area contributed by atoms with Crippen LogP contribution in [0.4, 0.5) is 0 Å². The number of hydrogen-bond acceptors (Lipinski definition) is 3. The standard InChI is InChI=1S/C17H28N4O2S/c1-3-18-17(19-4-2)20-14-15-9-8-10-16(13-15)24(22,23)21-11-6-5-7-12-21/h8-10,13H,3-7,11-12,14H2,1-2H3,(H2,18,19,20). The predicted molar refractivity (Wildman–Crippen MR) is 97.5 cm³/mol. The van der Waals surface area contributed by atoms with E-state index < -0.39 is 10.0 Å². The van der Waals surface area contributed by atoms with Gasteiger partial charge in [-0.15, -0.1) is 0 Å². The van der Waals surface area contributed by atoms with Crippen molar-refractivity contribution in [2.75, 3.05) is 26.2 Å². The van der Waals surface area contributed by atoms with Crippen LogP contribution < -0.4 is 10.6 Å². The van der Waals surface area contributed by atoms with Crippen LogP contribution in [-0.4, -0.2) is 44.9 Å². The summed E-state index contributed by atoms with van der Waals surface area (Å²) >= 11 is 0. The van der Waals surface area contributed by atoms with Crippen LogP contribution >= 0.6 is 0 Å². The lowest BCUT2D eigenvalue weighted by molar-refractivity contribution is 0.346. The zero-order valence-electron chi connectivity index (χ0n) is 14.6. The van der Waals surface area contributed by atoms with Crippen LogP contribution in [0.1, 0.15) is 38.7 Å². The van der Waals surface area contributed by atoms with E-state index in [-0.39, 0.29) is 0 Å². The monoisotopic (exact) mass is 352 g/mol. The second kappa shape index (κ2) is 9.03. The zero-order valence-corrected chi connectivity index (χ0v) is 15.4.